The van der Waals surface area contributed by atoms with Crippen molar-refractivity contribution in [2.75, 3.05) is 13.1 Å². The van der Waals surface area contributed by atoms with E-state index in [9.17, 15) is 13.2 Å². The van der Waals surface area contributed by atoms with Gasteiger partial charge in [0.1, 0.15) is 18.4 Å². The van der Waals surface area contributed by atoms with Crippen molar-refractivity contribution < 1.29 is 17.9 Å². The van der Waals surface area contributed by atoms with E-state index in [-0.39, 0.29) is 11.7 Å². The smallest absolute Gasteiger partial charge is 0.406 e. The zero-order valence-electron chi connectivity index (χ0n) is 14.8. The molecule has 4 aromatic rings. The topological polar surface area (TPSA) is 82.7 Å². The molecule has 4 heterocycles. The Bertz CT molecular complexity index is 1150. The predicted molar refractivity (Wildman–Crippen MR) is 96.1 cm³/mol. The van der Waals surface area contributed by atoms with E-state index in [0.29, 0.717) is 11.3 Å². The van der Waals surface area contributed by atoms with Crippen LogP contribution in [0.25, 0.3) is 22.4 Å². The molecule has 0 spiro atoms. The zero-order chi connectivity index (χ0) is 20.0. The Hall–Kier alpha value is -3.47. The monoisotopic (exact) mass is 401 g/mol. The number of halogens is 3. The van der Waals surface area contributed by atoms with Crippen molar-refractivity contribution in [2.24, 2.45) is 0 Å². The van der Waals surface area contributed by atoms with Crippen molar-refractivity contribution >= 4 is 11.0 Å². The maximum absolute atomic E-state index is 12.4. The minimum Gasteiger partial charge on any atom is -0.406 e. The van der Waals surface area contributed by atoms with Crippen LogP contribution in [0.5, 0.6) is 5.75 Å². The van der Waals surface area contributed by atoms with Crippen LogP contribution in [-0.2, 0) is 0 Å². The summed E-state index contributed by atoms with van der Waals surface area (Å²) in [6.07, 6.45) is 0.107. The first-order valence-electron chi connectivity index (χ1n) is 8.79. The van der Waals surface area contributed by atoms with E-state index in [1.54, 1.807) is 28.1 Å². The first-order chi connectivity index (χ1) is 14.0. The van der Waals surface area contributed by atoms with Crippen LogP contribution in [0.4, 0.5) is 13.2 Å². The van der Waals surface area contributed by atoms with E-state index in [1.807, 2.05) is 6.07 Å². The van der Waals surface area contributed by atoms with Crippen LogP contribution >= 0.6 is 0 Å². The molecule has 3 aromatic heterocycles. The summed E-state index contributed by atoms with van der Waals surface area (Å²) >= 11 is 0. The Labute approximate surface area is 161 Å². The van der Waals surface area contributed by atoms with E-state index < -0.39 is 6.36 Å². The molecule has 1 N–H and O–H groups in total. The van der Waals surface area contributed by atoms with Gasteiger partial charge in [0.2, 0.25) is 0 Å². The molecule has 0 bridgehead atoms. The Kier molecular flexibility index (Phi) is 3.98. The lowest BCUT2D eigenvalue weighted by Gasteiger charge is -2.25. The molecule has 0 amide bonds. The van der Waals surface area contributed by atoms with Gasteiger partial charge in [-0.25, -0.2) is 9.67 Å². The third kappa shape index (κ3) is 3.18. The number of aromatic nitrogens is 6. The molecular weight excluding hydrogens is 387 g/mol. The van der Waals surface area contributed by atoms with Crippen LogP contribution in [0, 0.1) is 0 Å². The summed E-state index contributed by atoms with van der Waals surface area (Å²) in [4.78, 5) is 4.49. The lowest BCUT2D eigenvalue weighted by Crippen LogP contribution is -2.40. The number of nitrogens with one attached hydrogen (secondary N) is 1. The number of ether oxygens (including phenoxy) is 1. The highest BCUT2D eigenvalue weighted by Crippen LogP contribution is 2.33. The lowest BCUT2D eigenvalue weighted by molar-refractivity contribution is -0.274. The number of alkyl halides is 3. The highest BCUT2D eigenvalue weighted by atomic mass is 19.4. The fourth-order valence-electron chi connectivity index (χ4n) is 3.33. The zero-order valence-corrected chi connectivity index (χ0v) is 14.8. The van der Waals surface area contributed by atoms with Gasteiger partial charge in [-0.1, -0.05) is 0 Å². The summed E-state index contributed by atoms with van der Waals surface area (Å²) in [6.45, 7) is 1.59. The van der Waals surface area contributed by atoms with E-state index in [0.717, 1.165) is 29.9 Å². The summed E-state index contributed by atoms with van der Waals surface area (Å²) in [5, 5.41) is 16.6. The van der Waals surface area contributed by atoms with Crippen molar-refractivity contribution in [2.45, 2.75) is 12.3 Å². The van der Waals surface area contributed by atoms with Gasteiger partial charge in [0.05, 0.1) is 22.5 Å². The Morgan fingerprint density at radius 1 is 1.03 bits per heavy atom. The molecule has 29 heavy (non-hydrogen) atoms. The SMILES string of the molecule is FC(F)(F)Oc1ccc(-n2nc(C3CNC3)c3c(-n4cnnc4)ccnc32)cc1. The summed E-state index contributed by atoms with van der Waals surface area (Å²) in [5.41, 5.74) is 2.88. The van der Waals surface area contributed by atoms with Gasteiger partial charge in [0.15, 0.2) is 5.65 Å². The Morgan fingerprint density at radius 2 is 1.76 bits per heavy atom. The summed E-state index contributed by atoms with van der Waals surface area (Å²) in [7, 11) is 0. The fraction of sp³-hybridized carbons (Fsp3) is 0.222. The average molecular weight is 401 g/mol. The third-order valence-corrected chi connectivity index (χ3v) is 4.75. The van der Waals surface area contributed by atoms with Crippen LogP contribution in [0.2, 0.25) is 0 Å². The number of nitrogens with zero attached hydrogens (tertiary/aromatic N) is 6. The van der Waals surface area contributed by atoms with Crippen LogP contribution < -0.4 is 10.1 Å². The highest BCUT2D eigenvalue weighted by molar-refractivity contribution is 5.89. The maximum atomic E-state index is 12.4. The van der Waals surface area contributed by atoms with E-state index in [4.69, 9.17) is 5.10 Å². The van der Waals surface area contributed by atoms with Crippen LogP contribution in [-0.4, -0.2) is 49.0 Å². The molecule has 0 unspecified atom stereocenters. The van der Waals surface area contributed by atoms with E-state index in [1.165, 1.54) is 24.3 Å². The second-order valence-electron chi connectivity index (χ2n) is 6.59. The molecular formula is C18H14F3N7O. The van der Waals surface area contributed by atoms with Gasteiger partial charge in [-0.3, -0.25) is 4.57 Å². The quantitative estimate of drug-likeness (QED) is 0.566. The minimum atomic E-state index is -4.74. The first-order valence-corrected chi connectivity index (χ1v) is 8.79. The third-order valence-electron chi connectivity index (χ3n) is 4.75. The number of fused-ring (bicyclic) bond motifs is 1. The van der Waals surface area contributed by atoms with Gasteiger partial charge in [-0.2, -0.15) is 5.10 Å². The van der Waals surface area contributed by atoms with Crippen LogP contribution in [0.15, 0.2) is 49.2 Å². The predicted octanol–water partition coefficient (Wildman–Crippen LogP) is 2.59. The molecule has 8 nitrogen and oxygen atoms in total. The molecule has 148 valence electrons. The van der Waals surface area contributed by atoms with Gasteiger partial charge in [0.25, 0.3) is 0 Å². The van der Waals surface area contributed by atoms with Gasteiger partial charge < -0.3 is 10.1 Å². The first kappa shape index (κ1) is 17.6. The number of hydrogen-bond acceptors (Lipinski definition) is 6. The molecule has 5 rings (SSSR count). The number of hydrogen-bond donors (Lipinski definition) is 1. The van der Waals surface area contributed by atoms with Crippen molar-refractivity contribution in [3.63, 3.8) is 0 Å². The normalized spacial score (nSPS) is 14.9. The second-order valence-corrected chi connectivity index (χ2v) is 6.59. The van der Waals surface area contributed by atoms with Gasteiger partial charge >= 0.3 is 6.36 Å². The molecule has 0 saturated carbocycles. The molecule has 1 aromatic carbocycles. The van der Waals surface area contributed by atoms with Crippen LogP contribution in [0.1, 0.15) is 11.6 Å². The molecule has 1 aliphatic heterocycles. The van der Waals surface area contributed by atoms with Crippen LogP contribution in [0.3, 0.4) is 0 Å². The fourth-order valence-corrected chi connectivity index (χ4v) is 3.33. The second kappa shape index (κ2) is 6.55. The van der Waals surface area contributed by atoms with Gasteiger partial charge in [0, 0.05) is 25.2 Å². The molecule has 0 atom stereocenters. The number of pyridine rings is 1. The molecule has 1 aliphatic rings. The van der Waals surface area contributed by atoms with Crippen molar-refractivity contribution in [3.8, 4) is 17.1 Å². The largest absolute Gasteiger partial charge is 0.573 e. The van der Waals surface area contributed by atoms with Gasteiger partial charge in [-0.15, -0.1) is 23.4 Å². The molecule has 1 saturated heterocycles. The Morgan fingerprint density at radius 3 is 2.38 bits per heavy atom. The van der Waals surface area contributed by atoms with E-state index in [2.05, 4.69) is 25.2 Å². The minimum absolute atomic E-state index is 0.214. The summed E-state index contributed by atoms with van der Waals surface area (Å²) in [6, 6.07) is 7.40. The average Bonchev–Trinajstić information content (AvgIpc) is 3.28. The van der Waals surface area contributed by atoms with Crippen molar-refractivity contribution in [1.82, 2.24) is 34.8 Å². The number of rotatable bonds is 4. The van der Waals surface area contributed by atoms with Crippen molar-refractivity contribution in [3.05, 3.63) is 54.9 Å². The molecule has 1 fully saturated rings. The maximum Gasteiger partial charge on any atom is 0.573 e. The van der Waals surface area contributed by atoms with E-state index >= 15 is 0 Å². The summed E-state index contributed by atoms with van der Waals surface area (Å²) in [5.74, 6) is -0.0784. The Balaban J connectivity index is 1.64. The van der Waals surface area contributed by atoms with Gasteiger partial charge in [-0.05, 0) is 30.3 Å². The molecule has 0 aliphatic carbocycles. The lowest BCUT2D eigenvalue weighted by atomic mass is 9.96. The molecule has 0 radical (unpaired) electrons. The highest BCUT2D eigenvalue weighted by Gasteiger charge is 2.31. The van der Waals surface area contributed by atoms with Crippen molar-refractivity contribution in [1.29, 1.82) is 0 Å². The summed E-state index contributed by atoms with van der Waals surface area (Å²) < 4.78 is 44.6. The standard InChI is InChI=1S/C18H14F3N7O/c19-18(20,21)29-13-3-1-12(2-4-13)28-17-15(16(26-28)11-7-22-8-11)14(5-6-23-17)27-9-24-25-10-27/h1-6,9-11,22H,7-8H2. The number of benzene rings is 1. The molecule has 11 heteroatoms.